The van der Waals surface area contributed by atoms with E-state index in [1.165, 1.54) is 67.1 Å². The van der Waals surface area contributed by atoms with E-state index in [0.29, 0.717) is 0 Å². The first-order valence-electron chi connectivity index (χ1n) is 14.4. The van der Waals surface area contributed by atoms with E-state index in [0.717, 1.165) is 11.2 Å². The van der Waals surface area contributed by atoms with Crippen LogP contribution in [0.15, 0.2) is 71.3 Å². The standard InChI is InChI=1S/C36H42GeNO/c1-23-21-29(37(6,7)8)32-26-14-12-13-25(33(26)39-34(32)31(23)30-15-10-11-20-38(30)9)24-16-17-27-28(22-24)36(4,5)19-18-35(27,2)3/h10-17,20-22H,18-19H2,1-9H3/q+1. The molecule has 1 aliphatic rings. The van der Waals surface area contributed by atoms with Crippen molar-refractivity contribution in [3.05, 3.63) is 83.6 Å². The molecule has 0 N–H and O–H groups in total. The van der Waals surface area contributed by atoms with Crippen LogP contribution in [0.25, 0.3) is 44.3 Å². The van der Waals surface area contributed by atoms with E-state index in [1.807, 2.05) is 0 Å². The van der Waals surface area contributed by atoms with Crippen molar-refractivity contribution in [3.63, 3.8) is 0 Å². The Balaban J connectivity index is 1.69. The van der Waals surface area contributed by atoms with Crippen LogP contribution in [0.5, 0.6) is 0 Å². The summed E-state index contributed by atoms with van der Waals surface area (Å²) in [4.78, 5) is 0. The van der Waals surface area contributed by atoms with Crippen molar-refractivity contribution < 1.29 is 8.98 Å². The molecule has 2 nitrogen and oxygen atoms in total. The SMILES string of the molecule is Cc1c[c]([Ge]([CH3])([CH3])[CH3])c2c(oc3c(-c4ccc5c(c4)C(C)(C)CCC5(C)C)cccc32)c1-c1cccc[n+]1C. The Morgan fingerprint density at radius 2 is 1.51 bits per heavy atom. The van der Waals surface area contributed by atoms with Crippen LogP contribution in [0, 0.1) is 6.92 Å². The van der Waals surface area contributed by atoms with E-state index in [4.69, 9.17) is 4.42 Å². The summed E-state index contributed by atoms with van der Waals surface area (Å²) in [6, 6.07) is 22.8. The van der Waals surface area contributed by atoms with E-state index >= 15 is 0 Å². The summed E-state index contributed by atoms with van der Waals surface area (Å²) in [6.07, 6.45) is 4.56. The van der Waals surface area contributed by atoms with Gasteiger partial charge in [0.1, 0.15) is 0 Å². The van der Waals surface area contributed by atoms with E-state index in [2.05, 4.69) is 130 Å². The summed E-state index contributed by atoms with van der Waals surface area (Å²) in [5.74, 6) is 7.48. The number of nitrogens with zero attached hydrogens (tertiary/aromatic N) is 1. The molecule has 39 heavy (non-hydrogen) atoms. The number of pyridine rings is 1. The van der Waals surface area contributed by atoms with E-state index < -0.39 is 13.3 Å². The third-order valence-electron chi connectivity index (χ3n) is 9.25. The molecule has 6 rings (SSSR count). The van der Waals surface area contributed by atoms with Gasteiger partial charge < -0.3 is 0 Å². The number of aryl methyl sites for hydroxylation is 2. The molecule has 0 fully saturated rings. The molecule has 0 bridgehead atoms. The van der Waals surface area contributed by atoms with Crippen LogP contribution in [0.3, 0.4) is 0 Å². The van der Waals surface area contributed by atoms with Crippen LogP contribution in [-0.2, 0) is 17.9 Å². The number of hydrogen-bond acceptors (Lipinski definition) is 1. The summed E-state index contributed by atoms with van der Waals surface area (Å²) in [7, 11) is 2.13. The number of aromatic nitrogens is 1. The quantitative estimate of drug-likeness (QED) is 0.155. The molecule has 0 atom stereocenters. The van der Waals surface area contributed by atoms with Crippen LogP contribution in [0.4, 0.5) is 0 Å². The van der Waals surface area contributed by atoms with Gasteiger partial charge in [-0.1, -0.05) is 0 Å². The van der Waals surface area contributed by atoms with Gasteiger partial charge in [0.2, 0.25) is 0 Å². The summed E-state index contributed by atoms with van der Waals surface area (Å²) in [5, 5.41) is 2.57. The minimum absolute atomic E-state index is 0.169. The van der Waals surface area contributed by atoms with Crippen molar-refractivity contribution >= 4 is 39.6 Å². The Morgan fingerprint density at radius 3 is 2.21 bits per heavy atom. The fourth-order valence-electron chi connectivity index (χ4n) is 6.78. The van der Waals surface area contributed by atoms with Crippen molar-refractivity contribution in [2.24, 2.45) is 7.05 Å². The Bertz CT molecular complexity index is 1760. The second-order valence-corrected chi connectivity index (χ2v) is 24.7. The van der Waals surface area contributed by atoms with Crippen LogP contribution in [0.2, 0.25) is 17.3 Å². The Hall–Kier alpha value is -2.85. The molecule has 0 radical (unpaired) electrons. The molecule has 1 aliphatic carbocycles. The zero-order valence-corrected chi connectivity index (χ0v) is 27.2. The van der Waals surface area contributed by atoms with E-state index in [1.54, 1.807) is 0 Å². The Morgan fingerprint density at radius 1 is 0.795 bits per heavy atom. The summed E-state index contributed by atoms with van der Waals surface area (Å²) in [5.41, 5.74) is 11.5. The molecule has 2 aromatic heterocycles. The van der Waals surface area contributed by atoms with Crippen LogP contribution >= 0.6 is 0 Å². The fourth-order valence-corrected chi connectivity index (χ4v) is 10.2. The zero-order chi connectivity index (χ0) is 27.9. The molecule has 0 saturated heterocycles. The van der Waals surface area contributed by atoms with Gasteiger partial charge in [0.25, 0.3) is 0 Å². The predicted molar refractivity (Wildman–Crippen MR) is 169 cm³/mol. The van der Waals surface area contributed by atoms with Gasteiger partial charge >= 0.3 is 237 Å². The molecular formula is C36H42GeNO+. The van der Waals surface area contributed by atoms with E-state index in [-0.39, 0.29) is 10.8 Å². The molecule has 2 heterocycles. The average molecular weight is 577 g/mol. The molecule has 0 saturated carbocycles. The van der Waals surface area contributed by atoms with Crippen molar-refractivity contribution in [1.29, 1.82) is 0 Å². The number of para-hydroxylation sites is 1. The van der Waals surface area contributed by atoms with Crippen molar-refractivity contribution in [1.82, 2.24) is 0 Å². The fraction of sp³-hybridized carbons (Fsp3) is 0.361. The van der Waals surface area contributed by atoms with Crippen molar-refractivity contribution in [3.8, 4) is 22.4 Å². The topological polar surface area (TPSA) is 17.0 Å². The first kappa shape index (κ1) is 26.4. The van der Waals surface area contributed by atoms with Crippen LogP contribution in [0.1, 0.15) is 57.2 Å². The zero-order valence-electron chi connectivity index (χ0n) is 25.1. The maximum atomic E-state index is 7.05. The maximum absolute atomic E-state index is 7.05. The second kappa shape index (κ2) is 8.83. The van der Waals surface area contributed by atoms with Gasteiger partial charge in [-0.05, 0) is 0 Å². The number of furan rings is 1. The van der Waals surface area contributed by atoms with Gasteiger partial charge in [-0.3, -0.25) is 0 Å². The Kier molecular flexibility index (Phi) is 5.97. The van der Waals surface area contributed by atoms with Gasteiger partial charge in [0, 0.05) is 0 Å². The molecule has 0 unspecified atom stereocenters. The van der Waals surface area contributed by atoms with Crippen molar-refractivity contribution in [2.75, 3.05) is 0 Å². The number of rotatable bonds is 3. The minimum atomic E-state index is -2.24. The second-order valence-electron chi connectivity index (χ2n) is 14.1. The summed E-state index contributed by atoms with van der Waals surface area (Å²) in [6.45, 7) is 11.9. The van der Waals surface area contributed by atoms with E-state index in [9.17, 15) is 0 Å². The van der Waals surface area contributed by atoms with Gasteiger partial charge in [-0.2, -0.15) is 0 Å². The average Bonchev–Trinajstić information content (AvgIpc) is 3.25. The predicted octanol–water partition coefficient (Wildman–Crippen LogP) is 8.95. The molecular weight excluding hydrogens is 535 g/mol. The normalized spacial score (nSPS) is 16.5. The molecule has 0 spiro atoms. The molecule has 200 valence electrons. The molecule has 3 heteroatoms. The van der Waals surface area contributed by atoms with Gasteiger partial charge in [-0.25, -0.2) is 0 Å². The van der Waals surface area contributed by atoms with Crippen LogP contribution < -0.4 is 8.96 Å². The molecule has 3 aromatic carbocycles. The van der Waals surface area contributed by atoms with Gasteiger partial charge in [0.05, 0.1) is 0 Å². The van der Waals surface area contributed by atoms with Crippen molar-refractivity contribution in [2.45, 2.75) is 75.6 Å². The summed E-state index contributed by atoms with van der Waals surface area (Å²) < 4.78 is 10.8. The van der Waals surface area contributed by atoms with Gasteiger partial charge in [0.15, 0.2) is 0 Å². The first-order valence-corrected chi connectivity index (χ1v) is 21.7. The Labute approximate surface area is 236 Å². The first-order chi connectivity index (χ1) is 18.3. The number of benzene rings is 3. The number of hydrogen-bond donors (Lipinski definition) is 0. The third-order valence-corrected chi connectivity index (χ3v) is 13.5. The monoisotopic (exact) mass is 578 g/mol. The van der Waals surface area contributed by atoms with Crippen LogP contribution in [-0.4, -0.2) is 13.3 Å². The summed E-state index contributed by atoms with van der Waals surface area (Å²) >= 11 is -2.24. The molecule has 0 aliphatic heterocycles. The molecule has 0 amide bonds. The molecule has 5 aromatic rings. The van der Waals surface area contributed by atoms with Gasteiger partial charge in [-0.15, -0.1) is 0 Å². The third kappa shape index (κ3) is 4.18. The number of fused-ring (bicyclic) bond motifs is 4.